The van der Waals surface area contributed by atoms with Crippen molar-refractivity contribution in [3.63, 3.8) is 0 Å². The van der Waals surface area contributed by atoms with Gasteiger partial charge in [0.05, 0.1) is 13.2 Å². The Morgan fingerprint density at radius 1 is 1.35 bits per heavy atom. The van der Waals surface area contributed by atoms with Gasteiger partial charge in [0.1, 0.15) is 11.6 Å². The van der Waals surface area contributed by atoms with E-state index in [0.29, 0.717) is 12.2 Å². The van der Waals surface area contributed by atoms with E-state index in [1.807, 2.05) is 6.07 Å². The molecule has 7 heteroatoms. The molecular formula is C16H21N5O2. The molecule has 1 aromatic rings. The molecule has 0 bridgehead atoms. The molecule has 1 saturated heterocycles. The van der Waals surface area contributed by atoms with Crippen LogP contribution < -0.4 is 16.4 Å². The highest BCUT2D eigenvalue weighted by molar-refractivity contribution is 5.97. The molecule has 1 aliphatic heterocycles. The summed E-state index contributed by atoms with van der Waals surface area (Å²) < 4.78 is 5.27. The Balaban J connectivity index is 1.79. The number of hydrogen-bond donors (Lipinski definition) is 3. The van der Waals surface area contributed by atoms with Crippen molar-refractivity contribution < 1.29 is 9.53 Å². The molecule has 1 aliphatic rings. The summed E-state index contributed by atoms with van der Waals surface area (Å²) in [5.74, 6) is -0.385. The van der Waals surface area contributed by atoms with Crippen molar-refractivity contribution >= 4 is 17.3 Å². The number of benzene rings is 1. The summed E-state index contributed by atoms with van der Waals surface area (Å²) in [7, 11) is 0. The lowest BCUT2D eigenvalue weighted by Gasteiger charge is -2.26. The van der Waals surface area contributed by atoms with Crippen LogP contribution in [-0.2, 0) is 9.53 Å². The van der Waals surface area contributed by atoms with E-state index in [1.165, 1.54) is 6.20 Å². The minimum Gasteiger partial charge on any atom is -0.399 e. The molecule has 0 unspecified atom stereocenters. The molecule has 122 valence electrons. The lowest BCUT2D eigenvalue weighted by atomic mass is 10.2. The van der Waals surface area contributed by atoms with E-state index in [4.69, 9.17) is 15.7 Å². The van der Waals surface area contributed by atoms with Crippen LogP contribution in [-0.4, -0.2) is 50.2 Å². The van der Waals surface area contributed by atoms with Gasteiger partial charge in [-0.05, 0) is 24.3 Å². The summed E-state index contributed by atoms with van der Waals surface area (Å²) in [6, 6.07) is 8.93. The second-order valence-electron chi connectivity index (χ2n) is 5.15. The molecule has 7 nitrogen and oxygen atoms in total. The maximum Gasteiger partial charge on any atom is 0.263 e. The molecule has 0 spiro atoms. The van der Waals surface area contributed by atoms with Gasteiger partial charge in [0.25, 0.3) is 5.91 Å². The number of nitrogens with one attached hydrogen (secondary N) is 2. The summed E-state index contributed by atoms with van der Waals surface area (Å²) in [5.41, 5.74) is 7.04. The Morgan fingerprint density at radius 3 is 2.70 bits per heavy atom. The van der Waals surface area contributed by atoms with Gasteiger partial charge in [-0.15, -0.1) is 0 Å². The Hall–Kier alpha value is -2.56. The fraction of sp³-hybridized carbons (Fsp3) is 0.375. The van der Waals surface area contributed by atoms with Crippen LogP contribution in [0.4, 0.5) is 11.4 Å². The summed E-state index contributed by atoms with van der Waals surface area (Å²) in [5, 5.41) is 14.8. The van der Waals surface area contributed by atoms with Crippen LogP contribution in [0.5, 0.6) is 0 Å². The molecule has 0 aromatic heterocycles. The van der Waals surface area contributed by atoms with E-state index in [1.54, 1.807) is 24.3 Å². The van der Waals surface area contributed by atoms with E-state index >= 15 is 0 Å². The molecule has 23 heavy (non-hydrogen) atoms. The van der Waals surface area contributed by atoms with Crippen molar-refractivity contribution in [3.8, 4) is 6.07 Å². The van der Waals surface area contributed by atoms with Crippen LogP contribution in [0.3, 0.4) is 0 Å². The van der Waals surface area contributed by atoms with Gasteiger partial charge in [0, 0.05) is 43.8 Å². The maximum absolute atomic E-state index is 12.0. The van der Waals surface area contributed by atoms with Gasteiger partial charge in [-0.2, -0.15) is 5.26 Å². The Bertz CT molecular complexity index is 585. The smallest absolute Gasteiger partial charge is 0.263 e. The third-order valence-corrected chi connectivity index (χ3v) is 3.48. The number of hydrogen-bond acceptors (Lipinski definition) is 6. The second-order valence-corrected chi connectivity index (χ2v) is 5.15. The zero-order chi connectivity index (χ0) is 16.5. The van der Waals surface area contributed by atoms with Crippen molar-refractivity contribution in [1.29, 1.82) is 5.26 Å². The van der Waals surface area contributed by atoms with Crippen molar-refractivity contribution in [2.75, 3.05) is 50.4 Å². The zero-order valence-electron chi connectivity index (χ0n) is 12.9. The molecule has 0 saturated carbocycles. The van der Waals surface area contributed by atoms with Crippen LogP contribution in [0.2, 0.25) is 0 Å². The summed E-state index contributed by atoms with van der Waals surface area (Å²) in [6.07, 6.45) is 1.40. The van der Waals surface area contributed by atoms with E-state index < -0.39 is 0 Å². The highest BCUT2D eigenvalue weighted by atomic mass is 16.5. The molecule has 0 radical (unpaired) electrons. The largest absolute Gasteiger partial charge is 0.399 e. The van der Waals surface area contributed by atoms with Gasteiger partial charge in [-0.3, -0.25) is 9.69 Å². The average molecular weight is 315 g/mol. The normalized spacial score (nSPS) is 15.7. The third-order valence-electron chi connectivity index (χ3n) is 3.48. The second kappa shape index (κ2) is 8.78. The molecule has 1 fully saturated rings. The fourth-order valence-electron chi connectivity index (χ4n) is 2.13. The number of nitrogens with two attached hydrogens (primary N) is 1. The molecule has 0 atom stereocenters. The molecule has 0 aliphatic carbocycles. The number of carbonyl (C=O) groups is 1. The number of nitriles is 1. The predicted molar refractivity (Wildman–Crippen MR) is 88.4 cm³/mol. The van der Waals surface area contributed by atoms with Gasteiger partial charge in [-0.1, -0.05) is 0 Å². The lowest BCUT2D eigenvalue weighted by Crippen LogP contribution is -2.41. The van der Waals surface area contributed by atoms with Crippen molar-refractivity contribution in [1.82, 2.24) is 10.2 Å². The molecular weight excluding hydrogens is 294 g/mol. The van der Waals surface area contributed by atoms with Gasteiger partial charge in [0.15, 0.2) is 0 Å². The van der Waals surface area contributed by atoms with E-state index in [9.17, 15) is 4.79 Å². The number of nitrogens with zero attached hydrogens (tertiary/aromatic N) is 2. The Morgan fingerprint density at radius 2 is 2.04 bits per heavy atom. The van der Waals surface area contributed by atoms with E-state index in [2.05, 4.69) is 15.5 Å². The number of carbonyl (C=O) groups excluding carboxylic acids is 1. The number of morpholine rings is 1. The number of anilines is 2. The van der Waals surface area contributed by atoms with Crippen LogP contribution in [0.1, 0.15) is 0 Å². The van der Waals surface area contributed by atoms with Crippen LogP contribution in [0.25, 0.3) is 0 Å². The molecule has 1 aromatic carbocycles. The highest BCUT2D eigenvalue weighted by Gasteiger charge is 2.12. The topological polar surface area (TPSA) is 103 Å². The molecule has 2 rings (SSSR count). The number of ether oxygens (including phenoxy) is 1. The molecule has 4 N–H and O–H groups in total. The van der Waals surface area contributed by atoms with Gasteiger partial charge in [0.2, 0.25) is 0 Å². The molecule has 1 amide bonds. The Labute approximate surface area is 135 Å². The van der Waals surface area contributed by atoms with Gasteiger partial charge in [-0.25, -0.2) is 0 Å². The van der Waals surface area contributed by atoms with E-state index in [-0.39, 0.29) is 11.5 Å². The van der Waals surface area contributed by atoms with Crippen LogP contribution in [0, 0.1) is 11.3 Å². The summed E-state index contributed by atoms with van der Waals surface area (Å²) in [4.78, 5) is 14.2. The van der Waals surface area contributed by atoms with E-state index in [0.717, 1.165) is 38.5 Å². The minimum absolute atomic E-state index is 0.0313. The number of nitrogen functional groups attached to an aromatic ring is 1. The monoisotopic (exact) mass is 315 g/mol. The predicted octanol–water partition coefficient (Wildman–Crippen LogP) is 0.537. The van der Waals surface area contributed by atoms with Crippen LogP contribution in [0.15, 0.2) is 36.0 Å². The SMILES string of the molecule is N#C/C(=C/Nc1ccc(N)cc1)C(=O)NCCN1CCOCC1. The van der Waals surface area contributed by atoms with Gasteiger partial charge >= 0.3 is 0 Å². The standard InChI is InChI=1S/C16H21N5O2/c17-11-13(12-20-15-3-1-14(18)2-4-15)16(22)19-5-6-21-7-9-23-10-8-21/h1-4,12,20H,5-10,18H2,(H,19,22)/b13-12-. The first kappa shape index (κ1) is 16.8. The number of amides is 1. The Kier molecular flexibility index (Phi) is 6.41. The summed E-state index contributed by atoms with van der Waals surface area (Å²) in [6.45, 7) is 4.44. The first-order valence-electron chi connectivity index (χ1n) is 7.49. The minimum atomic E-state index is -0.385. The van der Waals surface area contributed by atoms with Gasteiger partial charge < -0.3 is 21.1 Å². The highest BCUT2D eigenvalue weighted by Crippen LogP contribution is 2.10. The number of rotatable bonds is 6. The molecule has 1 heterocycles. The third kappa shape index (κ3) is 5.62. The van der Waals surface area contributed by atoms with Crippen LogP contribution >= 0.6 is 0 Å². The first-order chi connectivity index (χ1) is 11.2. The van der Waals surface area contributed by atoms with Crippen molar-refractivity contribution in [2.24, 2.45) is 0 Å². The van der Waals surface area contributed by atoms with Crippen molar-refractivity contribution in [3.05, 3.63) is 36.0 Å². The average Bonchev–Trinajstić information content (AvgIpc) is 2.58. The quantitative estimate of drug-likeness (QED) is 0.402. The van der Waals surface area contributed by atoms with Crippen molar-refractivity contribution in [2.45, 2.75) is 0 Å². The zero-order valence-corrected chi connectivity index (χ0v) is 12.9. The maximum atomic E-state index is 12.0. The first-order valence-corrected chi connectivity index (χ1v) is 7.49. The summed E-state index contributed by atoms with van der Waals surface area (Å²) >= 11 is 0. The lowest BCUT2D eigenvalue weighted by molar-refractivity contribution is -0.117. The fourth-order valence-corrected chi connectivity index (χ4v) is 2.13.